The summed E-state index contributed by atoms with van der Waals surface area (Å²) in [5, 5.41) is 38.0. The minimum absolute atomic E-state index is 0.145. The number of aromatic nitrogens is 1. The van der Waals surface area contributed by atoms with Gasteiger partial charge in [-0.25, -0.2) is 13.6 Å². The number of carbonyl (C=O) groups excluding carboxylic acids is 2. The lowest BCUT2D eigenvalue weighted by Crippen LogP contribution is -2.29. The van der Waals surface area contributed by atoms with E-state index in [2.05, 4.69) is 25.5 Å². The van der Waals surface area contributed by atoms with Crippen molar-refractivity contribution >= 4 is 61.6 Å². The number of rotatable bonds is 10. The molecule has 0 radical (unpaired) electrons. The Labute approximate surface area is 282 Å². The number of sulfonamides is 1. The van der Waals surface area contributed by atoms with Gasteiger partial charge in [-0.05, 0) is 89.8 Å². The van der Waals surface area contributed by atoms with Crippen molar-refractivity contribution < 1.29 is 23.1 Å². The van der Waals surface area contributed by atoms with E-state index in [1.54, 1.807) is 48.5 Å². The van der Waals surface area contributed by atoms with Crippen LogP contribution in [-0.2, 0) is 26.2 Å². The van der Waals surface area contributed by atoms with Gasteiger partial charge in [-0.3, -0.25) is 19.0 Å². The maximum atomic E-state index is 13.5. The molecule has 1 aromatic heterocycles. The van der Waals surface area contributed by atoms with Gasteiger partial charge in [-0.15, -0.1) is 15.3 Å². The number of amides is 1. The molecule has 3 heterocycles. The number of nitrogens with zero attached hydrogens (tertiary/aromatic N) is 9. The second-order valence-corrected chi connectivity index (χ2v) is 13.0. The Balaban J connectivity index is 1.39. The number of benzene rings is 1. The van der Waals surface area contributed by atoms with Crippen molar-refractivity contribution in [2.75, 3.05) is 30.5 Å². The monoisotopic (exact) mass is 686 g/mol. The highest BCUT2D eigenvalue weighted by atomic mass is 32.2. The summed E-state index contributed by atoms with van der Waals surface area (Å²) < 4.78 is 24.6. The van der Waals surface area contributed by atoms with E-state index in [-0.39, 0.29) is 45.7 Å². The quantitative estimate of drug-likeness (QED) is 0.215. The number of primary sulfonamides is 1. The van der Waals surface area contributed by atoms with Crippen molar-refractivity contribution in [3.05, 3.63) is 87.9 Å². The van der Waals surface area contributed by atoms with Gasteiger partial charge in [0.05, 0.1) is 22.0 Å². The van der Waals surface area contributed by atoms with Crippen LogP contribution in [0.25, 0.3) is 0 Å². The molecule has 254 valence electrons. The summed E-state index contributed by atoms with van der Waals surface area (Å²) >= 11 is 0. The third-order valence-corrected chi connectivity index (χ3v) is 8.45. The molecular formula is C32H34N10O6S. The van der Waals surface area contributed by atoms with Crippen LogP contribution in [0, 0.1) is 6.92 Å². The van der Waals surface area contributed by atoms with Gasteiger partial charge in [0, 0.05) is 24.5 Å². The van der Waals surface area contributed by atoms with Crippen molar-refractivity contribution in [2.24, 2.45) is 30.7 Å². The molecule has 2 aliphatic heterocycles. The second-order valence-electron chi connectivity index (χ2n) is 11.4. The maximum Gasteiger partial charge on any atom is 0.301 e. The molecular weight excluding hydrogens is 652 g/mol. The molecule has 0 atom stereocenters. The molecule has 3 aliphatic rings. The van der Waals surface area contributed by atoms with Crippen molar-refractivity contribution in [1.82, 2.24) is 9.47 Å². The van der Waals surface area contributed by atoms with Crippen molar-refractivity contribution in [3.63, 3.8) is 0 Å². The number of carbonyl (C=O) groups is 2. The summed E-state index contributed by atoms with van der Waals surface area (Å²) in [6, 6.07) is 6.35. The molecule has 0 saturated heterocycles. The summed E-state index contributed by atoms with van der Waals surface area (Å²) in [6.07, 6.45) is 11.8. The zero-order valence-corrected chi connectivity index (χ0v) is 28.0. The summed E-state index contributed by atoms with van der Waals surface area (Å²) in [5.74, 6) is -1.53. The first kappa shape index (κ1) is 34.7. The predicted molar refractivity (Wildman–Crippen MR) is 187 cm³/mol. The minimum atomic E-state index is -4.09. The highest BCUT2D eigenvalue weighted by molar-refractivity contribution is 7.93. The lowest BCUT2D eigenvalue weighted by atomic mass is 10.1. The number of hydrazone groups is 1. The molecule has 3 N–H and O–H groups in total. The van der Waals surface area contributed by atoms with E-state index in [4.69, 9.17) is 5.14 Å². The highest BCUT2D eigenvalue weighted by Gasteiger charge is 2.31. The van der Waals surface area contributed by atoms with E-state index in [0.717, 1.165) is 29.7 Å². The van der Waals surface area contributed by atoms with E-state index < -0.39 is 21.7 Å². The molecule has 49 heavy (non-hydrogen) atoms. The lowest BCUT2D eigenvalue weighted by Gasteiger charge is -2.23. The van der Waals surface area contributed by atoms with Gasteiger partial charge in [-0.1, -0.05) is 12.2 Å². The summed E-state index contributed by atoms with van der Waals surface area (Å²) in [4.78, 5) is 42.2. The van der Waals surface area contributed by atoms with Crippen LogP contribution in [-0.4, -0.2) is 72.5 Å². The Morgan fingerprint density at radius 1 is 1.00 bits per heavy atom. The highest BCUT2D eigenvalue weighted by Crippen LogP contribution is 2.36. The summed E-state index contributed by atoms with van der Waals surface area (Å²) in [6.45, 7) is 4.22. The number of hydrogen-bond acceptors (Lipinski definition) is 13. The third kappa shape index (κ3) is 7.58. The number of allylic oxidation sites excluding steroid dienone is 5. The second kappa shape index (κ2) is 14.2. The number of nitrogens with two attached hydrogens (primary N) is 1. The Hall–Kier alpha value is -5.65. The van der Waals surface area contributed by atoms with E-state index >= 15 is 0 Å². The largest absolute Gasteiger partial charge is 0.493 e. The van der Waals surface area contributed by atoms with Crippen LogP contribution in [0.1, 0.15) is 25.3 Å². The van der Waals surface area contributed by atoms with Crippen molar-refractivity contribution in [1.29, 1.82) is 0 Å². The number of pyridine rings is 1. The topological polar surface area (TPSA) is 208 Å². The van der Waals surface area contributed by atoms with Gasteiger partial charge in [0.1, 0.15) is 11.4 Å². The fraction of sp³-hybridized carbons (Fsp3) is 0.250. The van der Waals surface area contributed by atoms with E-state index in [1.807, 2.05) is 31.1 Å². The zero-order chi connectivity index (χ0) is 35.5. The third-order valence-electron chi connectivity index (χ3n) is 7.54. The number of anilines is 2. The predicted octanol–water partition coefficient (Wildman–Crippen LogP) is 3.30. The SMILES string of the molecule is CC1=NN(c2ccc(N=Nc3c(C)c(N4C=CCC=C4)c(=O)n(CCCN(C)C)c3O)cc2)C(=O)/C1=N\N=C1/C=C(S(N)(=O)=O)C=CC1=O. The van der Waals surface area contributed by atoms with Gasteiger partial charge in [0.25, 0.3) is 5.56 Å². The van der Waals surface area contributed by atoms with E-state index in [1.165, 1.54) is 11.5 Å². The molecule has 17 heteroatoms. The first-order chi connectivity index (χ1) is 23.3. The zero-order valence-electron chi connectivity index (χ0n) is 27.2. The molecule has 0 unspecified atom stereocenters. The average molecular weight is 687 g/mol. The van der Waals surface area contributed by atoms with Crippen molar-refractivity contribution in [2.45, 2.75) is 33.2 Å². The number of hydrogen-bond donors (Lipinski definition) is 2. The van der Waals surface area contributed by atoms with Crippen LogP contribution in [0.2, 0.25) is 0 Å². The molecule has 2 aromatic rings. The molecule has 1 aliphatic carbocycles. The lowest BCUT2D eigenvalue weighted by molar-refractivity contribution is -0.112. The van der Waals surface area contributed by atoms with Crippen LogP contribution in [0.4, 0.5) is 22.7 Å². The van der Waals surface area contributed by atoms with Gasteiger partial charge in [-0.2, -0.15) is 15.2 Å². The summed E-state index contributed by atoms with van der Waals surface area (Å²) in [5.41, 5.74) is 1.12. The van der Waals surface area contributed by atoms with E-state index in [0.29, 0.717) is 35.6 Å². The van der Waals surface area contributed by atoms with Gasteiger partial charge >= 0.3 is 5.91 Å². The first-order valence-electron chi connectivity index (χ1n) is 15.0. The van der Waals surface area contributed by atoms with Crippen molar-refractivity contribution in [3.8, 4) is 5.88 Å². The van der Waals surface area contributed by atoms with Crippen LogP contribution < -0.4 is 20.6 Å². The molecule has 0 fully saturated rings. The average Bonchev–Trinajstić information content (AvgIpc) is 3.34. The number of ketones is 1. The maximum absolute atomic E-state index is 13.5. The molecule has 0 saturated carbocycles. The summed E-state index contributed by atoms with van der Waals surface area (Å²) in [7, 11) is -0.226. The minimum Gasteiger partial charge on any atom is -0.493 e. The fourth-order valence-corrected chi connectivity index (χ4v) is 5.54. The van der Waals surface area contributed by atoms with Gasteiger partial charge in [0.15, 0.2) is 11.4 Å². The van der Waals surface area contributed by atoms with Crippen LogP contribution in [0.5, 0.6) is 5.88 Å². The molecule has 0 spiro atoms. The Bertz CT molecular complexity index is 2110. The fourth-order valence-electron chi connectivity index (χ4n) is 5.01. The van der Waals surface area contributed by atoms with Crippen LogP contribution in [0.3, 0.4) is 0 Å². The Morgan fingerprint density at radius 3 is 2.35 bits per heavy atom. The first-order valence-corrected chi connectivity index (χ1v) is 16.6. The Morgan fingerprint density at radius 2 is 1.69 bits per heavy atom. The number of azo groups is 1. The molecule has 5 rings (SSSR count). The normalized spacial score (nSPS) is 18.2. The smallest absolute Gasteiger partial charge is 0.301 e. The van der Waals surface area contributed by atoms with Crippen LogP contribution >= 0.6 is 0 Å². The molecule has 1 aromatic carbocycles. The number of aromatic hydroxyl groups is 1. The molecule has 0 bridgehead atoms. The Kier molecular flexibility index (Phi) is 10.1. The molecule has 1 amide bonds. The van der Waals surface area contributed by atoms with Gasteiger partial charge < -0.3 is 14.9 Å². The van der Waals surface area contributed by atoms with Crippen LogP contribution in [0.15, 0.2) is 102 Å². The molecule has 16 nitrogen and oxygen atoms in total. The standard InChI is InChI=1S/C32H34N10O6S/c1-20-27(30(44)41(18-8-15-39(3)4)32(46)29(20)40-16-6-5-7-17-40)36-34-22-9-11-23(12-10-22)42-31(45)28(21(2)38-42)37-35-25-19-24(49(33,47)48)13-14-26(25)43/h6-7,9-14,16-17,19,44H,5,8,15,18H2,1-4H3,(H2,33,47,48)/b35-25+,36-34?,37-28-. The van der Waals surface area contributed by atoms with Gasteiger partial charge in [0.2, 0.25) is 21.7 Å². The van der Waals surface area contributed by atoms with E-state index in [9.17, 15) is 27.9 Å².